The van der Waals surface area contributed by atoms with E-state index in [1.165, 1.54) is 5.56 Å². The van der Waals surface area contributed by atoms with Gasteiger partial charge in [-0.05, 0) is 5.56 Å². The lowest BCUT2D eigenvalue weighted by atomic mass is 9.90. The average molecular weight is 205 g/mol. The molecule has 0 spiro atoms. The number of hydrogen-bond acceptors (Lipinski definition) is 2. The Bertz CT molecular complexity index is 321. The molecule has 1 N–H and O–H groups in total. The summed E-state index contributed by atoms with van der Waals surface area (Å²) in [6, 6.07) is 10.4. The highest BCUT2D eigenvalue weighted by Gasteiger charge is 2.37. The quantitative estimate of drug-likeness (QED) is 0.797. The summed E-state index contributed by atoms with van der Waals surface area (Å²) < 4.78 is 0. The van der Waals surface area contributed by atoms with Crippen molar-refractivity contribution in [2.75, 3.05) is 13.1 Å². The van der Waals surface area contributed by atoms with Gasteiger partial charge in [0, 0.05) is 25.0 Å². The number of β-amino-alcohol motifs (C(OH)–C–C–N with tert-alkyl or cyclic N) is 1. The van der Waals surface area contributed by atoms with Crippen molar-refractivity contribution in [3.05, 3.63) is 35.9 Å². The van der Waals surface area contributed by atoms with Crippen LogP contribution >= 0.6 is 0 Å². The summed E-state index contributed by atoms with van der Waals surface area (Å²) in [6.07, 6.45) is -0.193. The number of rotatable bonds is 2. The summed E-state index contributed by atoms with van der Waals surface area (Å²) in [5.41, 5.74) is 1.36. The molecule has 1 aromatic carbocycles. The van der Waals surface area contributed by atoms with Crippen LogP contribution in [0.1, 0.15) is 19.4 Å². The maximum Gasteiger partial charge on any atom is 0.0730 e. The van der Waals surface area contributed by atoms with Gasteiger partial charge >= 0.3 is 0 Å². The van der Waals surface area contributed by atoms with E-state index >= 15 is 0 Å². The van der Waals surface area contributed by atoms with Gasteiger partial charge in [0.2, 0.25) is 0 Å². The third-order valence-corrected chi connectivity index (χ3v) is 3.21. The number of aliphatic hydroxyl groups excluding tert-OH is 1. The molecule has 0 saturated carbocycles. The van der Waals surface area contributed by atoms with Crippen LogP contribution in [0, 0.1) is 5.41 Å². The topological polar surface area (TPSA) is 23.5 Å². The fourth-order valence-corrected chi connectivity index (χ4v) is 2.20. The number of aliphatic hydroxyl groups is 1. The Morgan fingerprint density at radius 3 is 2.53 bits per heavy atom. The van der Waals surface area contributed by atoms with E-state index in [4.69, 9.17) is 0 Å². The third kappa shape index (κ3) is 2.39. The molecule has 1 heterocycles. The van der Waals surface area contributed by atoms with E-state index in [0.29, 0.717) is 0 Å². The molecule has 1 saturated heterocycles. The molecular formula is C13H19NO. The standard InChI is InChI=1S/C13H19NO/c1-13(2)10-14(9-12(13)15)8-11-6-4-3-5-7-11/h3-7,12,15H,8-10H2,1-2H3/t12-/m0/s1. The van der Waals surface area contributed by atoms with Gasteiger partial charge in [-0.2, -0.15) is 0 Å². The highest BCUT2D eigenvalue weighted by molar-refractivity contribution is 5.15. The minimum atomic E-state index is -0.193. The molecular weight excluding hydrogens is 186 g/mol. The average Bonchev–Trinajstić information content (AvgIpc) is 2.42. The first-order valence-corrected chi connectivity index (χ1v) is 5.52. The van der Waals surface area contributed by atoms with Gasteiger partial charge in [-0.1, -0.05) is 44.2 Å². The van der Waals surface area contributed by atoms with Crippen LogP contribution in [0.15, 0.2) is 30.3 Å². The molecule has 0 unspecified atom stereocenters. The largest absolute Gasteiger partial charge is 0.391 e. The van der Waals surface area contributed by atoms with Crippen molar-refractivity contribution in [1.29, 1.82) is 0 Å². The van der Waals surface area contributed by atoms with Gasteiger partial charge < -0.3 is 5.11 Å². The van der Waals surface area contributed by atoms with E-state index in [0.717, 1.165) is 19.6 Å². The van der Waals surface area contributed by atoms with Crippen molar-refractivity contribution in [2.45, 2.75) is 26.5 Å². The van der Waals surface area contributed by atoms with Crippen LogP contribution in [0.25, 0.3) is 0 Å². The van der Waals surface area contributed by atoms with Crippen molar-refractivity contribution in [3.63, 3.8) is 0 Å². The minimum Gasteiger partial charge on any atom is -0.391 e. The molecule has 0 bridgehead atoms. The zero-order chi connectivity index (χ0) is 10.9. The molecule has 2 rings (SSSR count). The van der Waals surface area contributed by atoms with Gasteiger partial charge in [-0.3, -0.25) is 4.90 Å². The SMILES string of the molecule is CC1(C)CN(Cc2ccccc2)C[C@@H]1O. The second-order valence-corrected chi connectivity index (χ2v) is 5.16. The number of benzene rings is 1. The summed E-state index contributed by atoms with van der Waals surface area (Å²) in [4.78, 5) is 2.32. The molecule has 2 nitrogen and oxygen atoms in total. The predicted octanol–water partition coefficient (Wildman–Crippen LogP) is 1.89. The van der Waals surface area contributed by atoms with Gasteiger partial charge in [-0.25, -0.2) is 0 Å². The van der Waals surface area contributed by atoms with Gasteiger partial charge in [-0.15, -0.1) is 0 Å². The maximum absolute atomic E-state index is 9.86. The molecule has 15 heavy (non-hydrogen) atoms. The summed E-state index contributed by atoms with van der Waals surface area (Å²) in [5.74, 6) is 0. The molecule has 1 aromatic rings. The Balaban J connectivity index is 1.99. The summed E-state index contributed by atoms with van der Waals surface area (Å²) >= 11 is 0. The molecule has 0 aliphatic carbocycles. The Kier molecular flexibility index (Phi) is 2.81. The van der Waals surface area contributed by atoms with Crippen LogP contribution < -0.4 is 0 Å². The summed E-state index contributed by atoms with van der Waals surface area (Å²) in [7, 11) is 0. The first kappa shape index (κ1) is 10.7. The second-order valence-electron chi connectivity index (χ2n) is 5.16. The van der Waals surface area contributed by atoms with E-state index in [1.54, 1.807) is 0 Å². The Labute approximate surface area is 91.5 Å². The van der Waals surface area contributed by atoms with E-state index < -0.39 is 0 Å². The van der Waals surface area contributed by atoms with E-state index in [-0.39, 0.29) is 11.5 Å². The van der Waals surface area contributed by atoms with Crippen LogP contribution in [-0.4, -0.2) is 29.2 Å². The second kappa shape index (κ2) is 3.95. The Morgan fingerprint density at radius 1 is 1.33 bits per heavy atom. The normalized spacial score (nSPS) is 25.7. The van der Waals surface area contributed by atoms with Crippen LogP contribution in [0.3, 0.4) is 0 Å². The van der Waals surface area contributed by atoms with Crippen molar-refractivity contribution >= 4 is 0 Å². The number of nitrogens with zero attached hydrogens (tertiary/aromatic N) is 1. The Morgan fingerprint density at radius 2 is 2.00 bits per heavy atom. The lowest BCUT2D eigenvalue weighted by Gasteiger charge is -2.21. The third-order valence-electron chi connectivity index (χ3n) is 3.21. The van der Waals surface area contributed by atoms with Crippen molar-refractivity contribution < 1.29 is 5.11 Å². The molecule has 1 aliphatic rings. The van der Waals surface area contributed by atoms with Crippen LogP contribution in [0.5, 0.6) is 0 Å². The highest BCUT2D eigenvalue weighted by atomic mass is 16.3. The molecule has 1 aliphatic heterocycles. The summed E-state index contributed by atoms with van der Waals surface area (Å²) in [5, 5.41) is 9.86. The zero-order valence-corrected chi connectivity index (χ0v) is 9.48. The highest BCUT2D eigenvalue weighted by Crippen LogP contribution is 2.30. The van der Waals surface area contributed by atoms with E-state index in [1.807, 2.05) is 6.07 Å². The fourth-order valence-electron chi connectivity index (χ4n) is 2.20. The van der Waals surface area contributed by atoms with Crippen molar-refractivity contribution in [2.24, 2.45) is 5.41 Å². The monoisotopic (exact) mass is 205 g/mol. The van der Waals surface area contributed by atoms with E-state index in [2.05, 4.69) is 43.0 Å². The van der Waals surface area contributed by atoms with Crippen LogP contribution in [0.4, 0.5) is 0 Å². The van der Waals surface area contributed by atoms with Crippen LogP contribution in [-0.2, 0) is 6.54 Å². The lowest BCUT2D eigenvalue weighted by Crippen LogP contribution is -2.26. The summed E-state index contributed by atoms with van der Waals surface area (Å²) in [6.45, 7) is 6.97. The van der Waals surface area contributed by atoms with Gasteiger partial charge in [0.05, 0.1) is 6.10 Å². The molecule has 1 atom stereocenters. The molecule has 2 heteroatoms. The first-order chi connectivity index (χ1) is 7.08. The molecule has 0 aromatic heterocycles. The minimum absolute atomic E-state index is 0.0365. The predicted molar refractivity (Wildman–Crippen MR) is 61.5 cm³/mol. The fraction of sp³-hybridized carbons (Fsp3) is 0.538. The van der Waals surface area contributed by atoms with Crippen molar-refractivity contribution in [3.8, 4) is 0 Å². The van der Waals surface area contributed by atoms with Crippen molar-refractivity contribution in [1.82, 2.24) is 4.90 Å². The van der Waals surface area contributed by atoms with Crippen LogP contribution in [0.2, 0.25) is 0 Å². The maximum atomic E-state index is 9.86. The van der Waals surface area contributed by atoms with Gasteiger partial charge in [0.25, 0.3) is 0 Å². The lowest BCUT2D eigenvalue weighted by molar-refractivity contribution is 0.0955. The van der Waals surface area contributed by atoms with Gasteiger partial charge in [0.1, 0.15) is 0 Å². The number of likely N-dealkylation sites (tertiary alicyclic amines) is 1. The number of hydrogen-bond donors (Lipinski definition) is 1. The van der Waals surface area contributed by atoms with E-state index in [9.17, 15) is 5.11 Å². The zero-order valence-electron chi connectivity index (χ0n) is 9.48. The molecule has 82 valence electrons. The first-order valence-electron chi connectivity index (χ1n) is 5.52. The molecule has 0 amide bonds. The Hall–Kier alpha value is -0.860. The molecule has 1 fully saturated rings. The smallest absolute Gasteiger partial charge is 0.0730 e. The van der Waals surface area contributed by atoms with Gasteiger partial charge in [0.15, 0.2) is 0 Å². The molecule has 0 radical (unpaired) electrons.